The van der Waals surface area contributed by atoms with Crippen molar-refractivity contribution in [3.63, 3.8) is 0 Å². The van der Waals surface area contributed by atoms with Gasteiger partial charge in [-0.25, -0.2) is 4.39 Å². The van der Waals surface area contributed by atoms with Crippen LogP contribution >= 0.6 is 0 Å². The largest absolute Gasteiger partial charge is 0.419 e. The van der Waals surface area contributed by atoms with E-state index in [4.69, 9.17) is 0 Å². The molecule has 2 aliphatic carbocycles. The number of halogens is 4. The molecule has 0 radical (unpaired) electrons. The monoisotopic (exact) mass is 370 g/mol. The zero-order valence-electron chi connectivity index (χ0n) is 15.6. The van der Waals surface area contributed by atoms with Gasteiger partial charge in [0.2, 0.25) is 0 Å². The van der Waals surface area contributed by atoms with E-state index in [1.54, 1.807) is 0 Å². The van der Waals surface area contributed by atoms with Crippen LogP contribution in [-0.2, 0) is 6.18 Å². The summed E-state index contributed by atoms with van der Waals surface area (Å²) in [7, 11) is 0. The van der Waals surface area contributed by atoms with Crippen LogP contribution in [0.5, 0.6) is 0 Å². The van der Waals surface area contributed by atoms with Crippen molar-refractivity contribution in [1.82, 2.24) is 0 Å². The summed E-state index contributed by atoms with van der Waals surface area (Å²) in [6.45, 7) is 2.26. The highest BCUT2D eigenvalue weighted by molar-refractivity contribution is 5.29. The fraction of sp³-hybridized carbons (Fsp3) is 0.727. The van der Waals surface area contributed by atoms with Crippen molar-refractivity contribution in [2.75, 3.05) is 0 Å². The Morgan fingerprint density at radius 3 is 1.96 bits per heavy atom. The molecule has 1 aromatic rings. The van der Waals surface area contributed by atoms with Crippen LogP contribution in [0.4, 0.5) is 17.6 Å². The quantitative estimate of drug-likeness (QED) is 0.476. The first-order valence-corrected chi connectivity index (χ1v) is 10.2. The lowest BCUT2D eigenvalue weighted by Crippen LogP contribution is -2.25. The Balaban J connectivity index is 1.53. The second kappa shape index (κ2) is 8.31. The van der Waals surface area contributed by atoms with Crippen molar-refractivity contribution in [2.45, 2.75) is 83.2 Å². The van der Waals surface area contributed by atoms with Gasteiger partial charge in [-0.15, -0.1) is 0 Å². The van der Waals surface area contributed by atoms with Gasteiger partial charge in [0.15, 0.2) is 0 Å². The highest BCUT2D eigenvalue weighted by Crippen LogP contribution is 2.45. The lowest BCUT2D eigenvalue weighted by molar-refractivity contribution is -0.140. The molecule has 0 N–H and O–H groups in total. The molecule has 0 nitrogen and oxygen atoms in total. The molecule has 0 aromatic heterocycles. The van der Waals surface area contributed by atoms with Gasteiger partial charge in [-0.1, -0.05) is 38.7 Å². The number of rotatable bonds is 4. The molecule has 1 aromatic carbocycles. The Bertz CT molecular complexity index is 576. The third-order valence-corrected chi connectivity index (χ3v) is 6.80. The Morgan fingerprint density at radius 1 is 0.885 bits per heavy atom. The first-order chi connectivity index (χ1) is 12.4. The van der Waals surface area contributed by atoms with Crippen LogP contribution in [0.3, 0.4) is 0 Å². The highest BCUT2D eigenvalue weighted by atomic mass is 19.4. The van der Waals surface area contributed by atoms with Gasteiger partial charge in [0.1, 0.15) is 5.82 Å². The van der Waals surface area contributed by atoms with Gasteiger partial charge in [-0.05, 0) is 79.9 Å². The first-order valence-electron chi connectivity index (χ1n) is 10.2. The molecule has 0 amide bonds. The summed E-state index contributed by atoms with van der Waals surface area (Å²) in [4.78, 5) is 0. The summed E-state index contributed by atoms with van der Waals surface area (Å²) in [5, 5.41) is 0. The summed E-state index contributed by atoms with van der Waals surface area (Å²) in [5.74, 6) is 1.58. The van der Waals surface area contributed by atoms with Gasteiger partial charge < -0.3 is 0 Å². The molecule has 0 atom stereocenters. The molecule has 0 saturated heterocycles. The van der Waals surface area contributed by atoms with Gasteiger partial charge in [0.05, 0.1) is 5.56 Å². The molecular formula is C22H30F4. The van der Waals surface area contributed by atoms with Crippen LogP contribution in [0.1, 0.15) is 88.2 Å². The number of hydrogen-bond acceptors (Lipinski definition) is 0. The maximum Gasteiger partial charge on any atom is 0.419 e. The molecule has 2 fully saturated rings. The fourth-order valence-electron chi connectivity index (χ4n) is 5.30. The Labute approximate surface area is 154 Å². The van der Waals surface area contributed by atoms with Crippen LogP contribution in [0.15, 0.2) is 18.2 Å². The minimum Gasteiger partial charge on any atom is -0.206 e. The fourth-order valence-corrected chi connectivity index (χ4v) is 5.30. The maximum atomic E-state index is 13.8. The standard InChI is InChI=1S/C22H30F4/c1-2-3-15-4-6-16(7-5-15)17-8-10-18(11-9-17)19-12-13-20(21(23)14-19)22(24,25)26/h12-18H,2-11H2,1H3/t15-,16-,17-,18-. The predicted octanol–water partition coefficient (Wildman–Crippen LogP) is 7.72. The second-order valence-corrected chi connectivity index (χ2v) is 8.42. The summed E-state index contributed by atoms with van der Waals surface area (Å²) in [6, 6.07) is 3.50. The van der Waals surface area contributed by atoms with Crippen molar-refractivity contribution < 1.29 is 17.6 Å². The van der Waals surface area contributed by atoms with Crippen LogP contribution in [-0.4, -0.2) is 0 Å². The van der Waals surface area contributed by atoms with Crippen LogP contribution in [0, 0.1) is 23.6 Å². The summed E-state index contributed by atoms with van der Waals surface area (Å²) < 4.78 is 52.0. The van der Waals surface area contributed by atoms with Crippen LogP contribution in [0.25, 0.3) is 0 Å². The molecule has 0 unspecified atom stereocenters. The summed E-state index contributed by atoms with van der Waals surface area (Å²) >= 11 is 0. The van der Waals surface area contributed by atoms with E-state index in [0.717, 1.165) is 61.1 Å². The molecule has 3 rings (SSSR count). The van der Waals surface area contributed by atoms with E-state index in [1.807, 2.05) is 0 Å². The van der Waals surface area contributed by atoms with Crippen molar-refractivity contribution in [3.05, 3.63) is 35.1 Å². The Hall–Kier alpha value is -1.06. The molecule has 2 aliphatic rings. The van der Waals surface area contributed by atoms with Gasteiger partial charge >= 0.3 is 6.18 Å². The normalized spacial score (nSPS) is 30.3. The highest BCUT2D eigenvalue weighted by Gasteiger charge is 2.35. The van der Waals surface area contributed by atoms with Gasteiger partial charge in [0.25, 0.3) is 0 Å². The molecule has 0 heterocycles. The topological polar surface area (TPSA) is 0 Å². The smallest absolute Gasteiger partial charge is 0.206 e. The molecule has 2 saturated carbocycles. The minimum atomic E-state index is -4.61. The van der Waals surface area contributed by atoms with Gasteiger partial charge in [-0.3, -0.25) is 0 Å². The van der Waals surface area contributed by atoms with Crippen molar-refractivity contribution in [3.8, 4) is 0 Å². The zero-order valence-corrected chi connectivity index (χ0v) is 15.6. The predicted molar refractivity (Wildman–Crippen MR) is 96.5 cm³/mol. The van der Waals surface area contributed by atoms with E-state index in [1.165, 1.54) is 44.6 Å². The van der Waals surface area contributed by atoms with Gasteiger partial charge in [-0.2, -0.15) is 13.2 Å². The molecule has 0 bridgehead atoms. The molecule has 146 valence electrons. The lowest BCUT2D eigenvalue weighted by atomic mass is 9.68. The van der Waals surface area contributed by atoms with Gasteiger partial charge in [0, 0.05) is 0 Å². The van der Waals surface area contributed by atoms with E-state index in [9.17, 15) is 17.6 Å². The maximum absolute atomic E-state index is 13.8. The minimum absolute atomic E-state index is 0.208. The van der Waals surface area contributed by atoms with E-state index in [2.05, 4.69) is 6.92 Å². The number of benzene rings is 1. The van der Waals surface area contributed by atoms with E-state index in [-0.39, 0.29) is 5.92 Å². The zero-order chi connectivity index (χ0) is 18.7. The lowest BCUT2D eigenvalue weighted by Gasteiger charge is -2.38. The number of hydrogen-bond donors (Lipinski definition) is 0. The van der Waals surface area contributed by atoms with E-state index < -0.39 is 17.6 Å². The van der Waals surface area contributed by atoms with Crippen molar-refractivity contribution in [1.29, 1.82) is 0 Å². The molecule has 0 aliphatic heterocycles. The molecule has 4 heteroatoms. The SMILES string of the molecule is CCC[C@H]1CC[C@H]([C@H]2CC[C@H](c3ccc(C(F)(F)F)c(F)c3)CC2)CC1. The van der Waals surface area contributed by atoms with Crippen LogP contribution in [0.2, 0.25) is 0 Å². The van der Waals surface area contributed by atoms with E-state index in [0.29, 0.717) is 0 Å². The summed E-state index contributed by atoms with van der Waals surface area (Å²) in [5.41, 5.74) is -0.417. The van der Waals surface area contributed by atoms with Crippen molar-refractivity contribution in [2.24, 2.45) is 17.8 Å². The van der Waals surface area contributed by atoms with E-state index >= 15 is 0 Å². The molecular weight excluding hydrogens is 340 g/mol. The average molecular weight is 370 g/mol. The Kier molecular flexibility index (Phi) is 6.29. The van der Waals surface area contributed by atoms with Crippen LogP contribution < -0.4 is 0 Å². The average Bonchev–Trinajstić information content (AvgIpc) is 2.62. The Morgan fingerprint density at radius 2 is 1.46 bits per heavy atom. The third kappa shape index (κ3) is 4.61. The number of alkyl halides is 3. The van der Waals surface area contributed by atoms with Crippen molar-refractivity contribution >= 4 is 0 Å². The third-order valence-electron chi connectivity index (χ3n) is 6.80. The summed E-state index contributed by atoms with van der Waals surface area (Å²) in [6.07, 6.45) is 7.66. The first kappa shape index (κ1) is 19.7. The molecule has 26 heavy (non-hydrogen) atoms. The second-order valence-electron chi connectivity index (χ2n) is 8.42. The molecule has 0 spiro atoms.